The summed E-state index contributed by atoms with van der Waals surface area (Å²) in [6, 6.07) is 7.46. The highest BCUT2D eigenvalue weighted by molar-refractivity contribution is 5.96. The van der Waals surface area contributed by atoms with Gasteiger partial charge in [0.25, 0.3) is 0 Å². The molecule has 0 saturated heterocycles. The number of unbranched alkanes of at least 4 members (excludes halogenated alkanes) is 2. The Morgan fingerprint density at radius 3 is 2.52 bits per heavy atom. The van der Waals surface area contributed by atoms with Crippen molar-refractivity contribution in [1.82, 2.24) is 10.6 Å². The van der Waals surface area contributed by atoms with Crippen LogP contribution in [0.25, 0.3) is 0 Å². The monoisotopic (exact) mass is 292 g/mol. The summed E-state index contributed by atoms with van der Waals surface area (Å²) in [5.74, 6) is 0.208. The van der Waals surface area contributed by atoms with E-state index in [1.807, 2.05) is 24.3 Å². The standard InChI is InChI=1S/C16H24N2O3/c1-3-4-7-10-17-15(19)11-16(20)18-12-13-8-5-6-9-14(13)21-2/h5-6,8-9H,3-4,7,10-12H2,1-2H3,(H,17,19)(H,18,20). The van der Waals surface area contributed by atoms with E-state index in [1.54, 1.807) is 7.11 Å². The van der Waals surface area contributed by atoms with Crippen LogP contribution in [0, 0.1) is 0 Å². The van der Waals surface area contributed by atoms with Gasteiger partial charge in [0, 0.05) is 18.7 Å². The Labute approximate surface area is 126 Å². The third-order valence-electron chi connectivity index (χ3n) is 3.09. The van der Waals surface area contributed by atoms with E-state index in [0.29, 0.717) is 13.1 Å². The highest BCUT2D eigenvalue weighted by atomic mass is 16.5. The third-order valence-corrected chi connectivity index (χ3v) is 3.09. The van der Waals surface area contributed by atoms with Gasteiger partial charge in [-0.15, -0.1) is 0 Å². The largest absolute Gasteiger partial charge is 0.496 e. The van der Waals surface area contributed by atoms with Crippen LogP contribution in [0.3, 0.4) is 0 Å². The van der Waals surface area contributed by atoms with Crippen LogP contribution in [-0.2, 0) is 16.1 Å². The molecule has 0 aliphatic rings. The fraction of sp³-hybridized carbons (Fsp3) is 0.500. The molecule has 0 fully saturated rings. The first kappa shape index (κ1) is 17.0. The summed E-state index contributed by atoms with van der Waals surface area (Å²) in [4.78, 5) is 23.3. The van der Waals surface area contributed by atoms with E-state index >= 15 is 0 Å². The Morgan fingerprint density at radius 2 is 1.81 bits per heavy atom. The molecule has 2 N–H and O–H groups in total. The highest BCUT2D eigenvalue weighted by Crippen LogP contribution is 2.16. The number of hydrogen-bond donors (Lipinski definition) is 2. The second-order valence-corrected chi connectivity index (χ2v) is 4.82. The van der Waals surface area contributed by atoms with Gasteiger partial charge in [-0.25, -0.2) is 0 Å². The number of benzene rings is 1. The lowest BCUT2D eigenvalue weighted by molar-refractivity contribution is -0.129. The van der Waals surface area contributed by atoms with E-state index in [-0.39, 0.29) is 18.2 Å². The predicted octanol–water partition coefficient (Wildman–Crippen LogP) is 2.01. The van der Waals surface area contributed by atoms with Gasteiger partial charge < -0.3 is 15.4 Å². The number of methoxy groups -OCH3 is 1. The maximum absolute atomic E-state index is 11.7. The van der Waals surface area contributed by atoms with E-state index in [1.165, 1.54) is 0 Å². The number of rotatable bonds is 9. The fourth-order valence-electron chi connectivity index (χ4n) is 1.92. The Balaban J connectivity index is 2.29. The number of nitrogens with one attached hydrogen (secondary N) is 2. The van der Waals surface area contributed by atoms with E-state index in [9.17, 15) is 9.59 Å². The average Bonchev–Trinajstić information content (AvgIpc) is 2.49. The topological polar surface area (TPSA) is 67.4 Å². The lowest BCUT2D eigenvalue weighted by Gasteiger charge is -2.09. The number of hydrogen-bond acceptors (Lipinski definition) is 3. The molecule has 1 aromatic carbocycles. The van der Waals surface area contributed by atoms with Gasteiger partial charge in [-0.1, -0.05) is 38.0 Å². The van der Waals surface area contributed by atoms with Crippen LogP contribution in [0.15, 0.2) is 24.3 Å². The minimum absolute atomic E-state index is 0.138. The summed E-state index contributed by atoms with van der Waals surface area (Å²) in [7, 11) is 1.59. The predicted molar refractivity (Wildman–Crippen MR) is 82.0 cm³/mol. The van der Waals surface area contributed by atoms with Crippen LogP contribution in [0.1, 0.15) is 38.2 Å². The molecule has 2 amide bonds. The van der Waals surface area contributed by atoms with Gasteiger partial charge >= 0.3 is 0 Å². The summed E-state index contributed by atoms with van der Waals surface area (Å²) in [5, 5.41) is 5.47. The molecule has 21 heavy (non-hydrogen) atoms. The third kappa shape index (κ3) is 6.79. The molecule has 0 saturated carbocycles. The van der Waals surface area contributed by atoms with E-state index < -0.39 is 0 Å². The van der Waals surface area contributed by atoms with Crippen molar-refractivity contribution in [2.75, 3.05) is 13.7 Å². The summed E-state index contributed by atoms with van der Waals surface area (Å²) in [6.45, 7) is 3.09. The van der Waals surface area contributed by atoms with Gasteiger partial charge in [-0.2, -0.15) is 0 Å². The first-order valence-corrected chi connectivity index (χ1v) is 7.32. The molecule has 5 nitrogen and oxygen atoms in total. The van der Waals surface area contributed by atoms with Crippen molar-refractivity contribution in [3.63, 3.8) is 0 Å². The number of amides is 2. The molecule has 0 unspecified atom stereocenters. The molecule has 0 bridgehead atoms. The van der Waals surface area contributed by atoms with E-state index in [0.717, 1.165) is 30.6 Å². The molecule has 0 aliphatic carbocycles. The average molecular weight is 292 g/mol. The lowest BCUT2D eigenvalue weighted by Crippen LogP contribution is -2.32. The van der Waals surface area contributed by atoms with Crippen molar-refractivity contribution in [3.8, 4) is 5.75 Å². The van der Waals surface area contributed by atoms with Crippen LogP contribution in [0.2, 0.25) is 0 Å². The molecule has 1 aromatic rings. The highest BCUT2D eigenvalue weighted by Gasteiger charge is 2.09. The summed E-state index contributed by atoms with van der Waals surface area (Å²) in [6.07, 6.45) is 3.00. The van der Waals surface area contributed by atoms with Crippen molar-refractivity contribution in [1.29, 1.82) is 0 Å². The molecular formula is C16H24N2O3. The maximum Gasteiger partial charge on any atom is 0.229 e. The van der Waals surface area contributed by atoms with Gasteiger partial charge in [0.05, 0.1) is 7.11 Å². The zero-order valence-corrected chi connectivity index (χ0v) is 12.8. The number of carbonyl (C=O) groups is 2. The Morgan fingerprint density at radius 1 is 1.10 bits per heavy atom. The summed E-state index contributed by atoms with van der Waals surface area (Å²) in [5.41, 5.74) is 0.886. The maximum atomic E-state index is 11.7. The zero-order chi connectivity index (χ0) is 15.5. The van der Waals surface area contributed by atoms with Crippen molar-refractivity contribution in [2.45, 2.75) is 39.2 Å². The number of para-hydroxylation sites is 1. The molecule has 0 atom stereocenters. The van der Waals surface area contributed by atoms with Crippen molar-refractivity contribution < 1.29 is 14.3 Å². The van der Waals surface area contributed by atoms with Gasteiger partial charge in [0.1, 0.15) is 12.2 Å². The van der Waals surface area contributed by atoms with Crippen molar-refractivity contribution in [3.05, 3.63) is 29.8 Å². The van der Waals surface area contributed by atoms with E-state index in [2.05, 4.69) is 17.6 Å². The molecule has 5 heteroatoms. The van der Waals surface area contributed by atoms with Crippen LogP contribution in [0.4, 0.5) is 0 Å². The van der Waals surface area contributed by atoms with Crippen LogP contribution in [0.5, 0.6) is 5.75 Å². The van der Waals surface area contributed by atoms with E-state index in [4.69, 9.17) is 4.74 Å². The first-order valence-electron chi connectivity index (χ1n) is 7.32. The quantitative estimate of drug-likeness (QED) is 0.540. The van der Waals surface area contributed by atoms with Gasteiger partial charge in [0.2, 0.25) is 11.8 Å². The molecule has 0 aromatic heterocycles. The smallest absolute Gasteiger partial charge is 0.229 e. The molecule has 0 aliphatic heterocycles. The van der Waals surface area contributed by atoms with Gasteiger partial charge in [0.15, 0.2) is 0 Å². The molecule has 0 radical (unpaired) electrons. The normalized spacial score (nSPS) is 10.0. The molecular weight excluding hydrogens is 268 g/mol. The molecule has 0 heterocycles. The summed E-state index contributed by atoms with van der Waals surface area (Å²) < 4.78 is 5.20. The minimum atomic E-state index is -0.283. The Kier molecular flexibility index (Phi) is 7.94. The van der Waals surface area contributed by atoms with Gasteiger partial charge in [-0.3, -0.25) is 9.59 Å². The van der Waals surface area contributed by atoms with Crippen LogP contribution >= 0.6 is 0 Å². The lowest BCUT2D eigenvalue weighted by atomic mass is 10.2. The Bertz CT molecular complexity index is 461. The fourth-order valence-corrected chi connectivity index (χ4v) is 1.92. The first-order chi connectivity index (χ1) is 10.2. The van der Waals surface area contributed by atoms with Crippen molar-refractivity contribution >= 4 is 11.8 Å². The van der Waals surface area contributed by atoms with Crippen LogP contribution in [-0.4, -0.2) is 25.5 Å². The second-order valence-electron chi connectivity index (χ2n) is 4.82. The Hall–Kier alpha value is -2.04. The number of carbonyl (C=O) groups excluding carboxylic acids is 2. The minimum Gasteiger partial charge on any atom is -0.496 e. The zero-order valence-electron chi connectivity index (χ0n) is 12.8. The number of ether oxygens (including phenoxy) is 1. The SMILES string of the molecule is CCCCCNC(=O)CC(=O)NCc1ccccc1OC. The van der Waals surface area contributed by atoms with Crippen molar-refractivity contribution in [2.24, 2.45) is 0 Å². The van der Waals surface area contributed by atoms with Crippen LogP contribution < -0.4 is 15.4 Å². The summed E-state index contributed by atoms with van der Waals surface area (Å²) >= 11 is 0. The molecule has 1 rings (SSSR count). The molecule has 116 valence electrons. The molecule has 0 spiro atoms. The second kappa shape index (κ2) is 9.80. The van der Waals surface area contributed by atoms with Gasteiger partial charge in [-0.05, 0) is 12.5 Å².